The van der Waals surface area contributed by atoms with Crippen molar-refractivity contribution in [3.05, 3.63) is 65.2 Å². The number of fused-ring (bicyclic) bond motifs is 3. The number of amides is 2. The largest absolute Gasteiger partial charge is 0.379 e. The number of carbonyl (C=O) groups is 2. The molecule has 3 N–H and O–H groups in total. The van der Waals surface area contributed by atoms with Crippen LogP contribution in [0.4, 0.5) is 0 Å². The molecule has 4 heterocycles. The molecule has 37 heavy (non-hydrogen) atoms. The molecule has 0 bridgehead atoms. The van der Waals surface area contributed by atoms with E-state index in [2.05, 4.69) is 22.0 Å². The van der Waals surface area contributed by atoms with Gasteiger partial charge in [-0.1, -0.05) is 24.3 Å². The molecule has 190 valence electrons. The molecule has 9 nitrogen and oxygen atoms in total. The van der Waals surface area contributed by atoms with Crippen LogP contribution in [0.15, 0.2) is 48.5 Å². The number of aromatic nitrogens is 2. The highest BCUT2D eigenvalue weighted by molar-refractivity contribution is 6.14. The van der Waals surface area contributed by atoms with Crippen LogP contribution >= 0.6 is 0 Å². The maximum absolute atomic E-state index is 13.0. The van der Waals surface area contributed by atoms with Gasteiger partial charge in [-0.25, -0.2) is 4.98 Å². The highest BCUT2D eigenvalue weighted by atomic mass is 16.5. The van der Waals surface area contributed by atoms with Gasteiger partial charge in [0.25, 0.3) is 11.8 Å². The zero-order valence-corrected chi connectivity index (χ0v) is 20.5. The van der Waals surface area contributed by atoms with Crippen molar-refractivity contribution in [1.29, 1.82) is 0 Å². The predicted octanol–water partition coefficient (Wildman–Crippen LogP) is 2.79. The molecule has 0 atom stereocenters. The lowest BCUT2D eigenvalue weighted by Crippen LogP contribution is -2.40. The van der Waals surface area contributed by atoms with E-state index in [0.29, 0.717) is 54.2 Å². The van der Waals surface area contributed by atoms with Crippen molar-refractivity contribution >= 4 is 33.8 Å². The molecular formula is C28H29N5O4. The highest BCUT2D eigenvalue weighted by Gasteiger charge is 2.21. The number of ether oxygens (including phenoxy) is 2. The zero-order valence-electron chi connectivity index (χ0n) is 20.5. The molecule has 2 saturated heterocycles. The smallest absolute Gasteiger partial charge is 0.254 e. The number of primary amides is 1. The lowest BCUT2D eigenvalue weighted by molar-refractivity contribution is 0.0303. The van der Waals surface area contributed by atoms with Crippen LogP contribution < -0.4 is 5.73 Å². The van der Waals surface area contributed by atoms with E-state index >= 15 is 0 Å². The van der Waals surface area contributed by atoms with Crippen molar-refractivity contribution in [2.75, 3.05) is 52.6 Å². The highest BCUT2D eigenvalue weighted by Crippen LogP contribution is 2.31. The number of nitrogens with one attached hydrogen (secondary N) is 1. The minimum atomic E-state index is -0.534. The van der Waals surface area contributed by atoms with E-state index in [1.165, 1.54) is 5.56 Å². The molecule has 2 aromatic carbocycles. The lowest BCUT2D eigenvalue weighted by atomic mass is 10.0. The third kappa shape index (κ3) is 4.69. The van der Waals surface area contributed by atoms with E-state index in [-0.39, 0.29) is 5.91 Å². The zero-order chi connectivity index (χ0) is 25.4. The van der Waals surface area contributed by atoms with Gasteiger partial charge in [0.15, 0.2) is 0 Å². The van der Waals surface area contributed by atoms with Crippen molar-refractivity contribution in [1.82, 2.24) is 19.8 Å². The Labute approximate surface area is 214 Å². The fraction of sp³-hybridized carbons (Fsp3) is 0.321. The summed E-state index contributed by atoms with van der Waals surface area (Å²) in [6.07, 6.45) is 0. The average Bonchev–Trinajstić information content (AvgIpc) is 3.31. The summed E-state index contributed by atoms with van der Waals surface area (Å²) in [5, 5.41) is 0.835. The number of carbonyl (C=O) groups excluding carboxylic acids is 2. The Bertz CT molecular complexity index is 1470. The Balaban J connectivity index is 1.34. The second-order valence-corrected chi connectivity index (χ2v) is 9.52. The van der Waals surface area contributed by atoms with Crippen LogP contribution in [0.2, 0.25) is 0 Å². The average molecular weight is 500 g/mol. The molecule has 9 heteroatoms. The number of nitrogens with zero attached hydrogens (tertiary/aromatic N) is 3. The van der Waals surface area contributed by atoms with Crippen LogP contribution in [0, 0.1) is 0 Å². The molecule has 2 amide bonds. The number of rotatable bonds is 5. The summed E-state index contributed by atoms with van der Waals surface area (Å²) in [4.78, 5) is 37.8. The van der Waals surface area contributed by atoms with E-state index in [0.717, 1.165) is 49.3 Å². The van der Waals surface area contributed by atoms with Gasteiger partial charge in [-0.15, -0.1) is 0 Å². The van der Waals surface area contributed by atoms with Crippen LogP contribution in [0.1, 0.15) is 26.3 Å². The molecule has 6 rings (SSSR count). The number of H-pyrrole nitrogens is 1. The summed E-state index contributed by atoms with van der Waals surface area (Å²) < 4.78 is 10.8. The molecule has 0 spiro atoms. The van der Waals surface area contributed by atoms with Gasteiger partial charge in [0.05, 0.1) is 48.7 Å². The molecule has 0 aliphatic carbocycles. The summed E-state index contributed by atoms with van der Waals surface area (Å²) >= 11 is 0. The molecule has 2 fully saturated rings. The molecule has 2 aliphatic rings. The third-order valence-corrected chi connectivity index (χ3v) is 7.12. The monoisotopic (exact) mass is 499 g/mol. The maximum Gasteiger partial charge on any atom is 0.254 e. The maximum atomic E-state index is 13.0. The predicted molar refractivity (Wildman–Crippen MR) is 140 cm³/mol. The number of hydrogen-bond acceptors (Lipinski definition) is 6. The number of morpholine rings is 2. The fourth-order valence-electron chi connectivity index (χ4n) is 5.08. The lowest BCUT2D eigenvalue weighted by Gasteiger charge is -2.26. The first-order valence-electron chi connectivity index (χ1n) is 12.6. The van der Waals surface area contributed by atoms with Gasteiger partial charge in [-0.05, 0) is 29.8 Å². The molecule has 0 unspecified atom stereocenters. The molecular weight excluding hydrogens is 470 g/mol. The van der Waals surface area contributed by atoms with Crippen LogP contribution in [0.3, 0.4) is 0 Å². The SMILES string of the molecule is NC(=O)c1cc(-c2ccc(CN3CCOCC3)cc2)nc2c1[nH]c1cc(C(=O)N3CCOCC3)ccc12. The van der Waals surface area contributed by atoms with Crippen LogP contribution in [-0.2, 0) is 16.0 Å². The molecule has 4 aromatic rings. The van der Waals surface area contributed by atoms with Gasteiger partial charge >= 0.3 is 0 Å². The summed E-state index contributed by atoms with van der Waals surface area (Å²) in [5.74, 6) is -0.571. The number of aromatic amines is 1. The van der Waals surface area contributed by atoms with Crippen molar-refractivity contribution < 1.29 is 19.1 Å². The first kappa shape index (κ1) is 23.6. The summed E-state index contributed by atoms with van der Waals surface area (Å²) in [7, 11) is 0. The van der Waals surface area contributed by atoms with Gasteiger partial charge in [-0.3, -0.25) is 14.5 Å². The van der Waals surface area contributed by atoms with Crippen molar-refractivity contribution in [3.8, 4) is 11.3 Å². The molecule has 0 radical (unpaired) electrons. The molecule has 2 aromatic heterocycles. The van der Waals surface area contributed by atoms with E-state index in [1.807, 2.05) is 30.3 Å². The van der Waals surface area contributed by atoms with Gasteiger partial charge < -0.3 is 25.1 Å². The summed E-state index contributed by atoms with van der Waals surface area (Å²) in [5.41, 5.74) is 11.5. The van der Waals surface area contributed by atoms with Crippen LogP contribution in [0.25, 0.3) is 33.2 Å². The topological polar surface area (TPSA) is 114 Å². The summed E-state index contributed by atoms with van der Waals surface area (Å²) in [6.45, 7) is 6.52. The van der Waals surface area contributed by atoms with Gasteiger partial charge in [-0.2, -0.15) is 0 Å². The van der Waals surface area contributed by atoms with E-state index in [1.54, 1.807) is 11.0 Å². The second kappa shape index (κ2) is 9.93. The van der Waals surface area contributed by atoms with Crippen molar-refractivity contribution in [3.63, 3.8) is 0 Å². The standard InChI is InChI=1S/C28H29N5O4/c29-27(34)22-16-23(19-3-1-18(2-4-19)17-32-7-11-36-12-8-32)30-25-21-6-5-20(15-24(21)31-26(22)25)28(35)33-9-13-37-14-10-33/h1-6,15-16,31H,7-14,17H2,(H2,29,34). The minimum Gasteiger partial charge on any atom is -0.379 e. The normalized spacial score (nSPS) is 16.9. The molecule has 2 aliphatic heterocycles. The van der Waals surface area contributed by atoms with Crippen molar-refractivity contribution in [2.24, 2.45) is 5.73 Å². The van der Waals surface area contributed by atoms with E-state index < -0.39 is 5.91 Å². The van der Waals surface area contributed by atoms with Gasteiger partial charge in [0.2, 0.25) is 0 Å². The van der Waals surface area contributed by atoms with Crippen LogP contribution in [0.5, 0.6) is 0 Å². The van der Waals surface area contributed by atoms with E-state index in [9.17, 15) is 9.59 Å². The first-order valence-corrected chi connectivity index (χ1v) is 12.6. The summed E-state index contributed by atoms with van der Waals surface area (Å²) in [6, 6.07) is 15.5. The number of nitrogens with two attached hydrogens (primary N) is 1. The fourth-order valence-corrected chi connectivity index (χ4v) is 5.08. The number of hydrogen-bond donors (Lipinski definition) is 2. The quantitative estimate of drug-likeness (QED) is 0.437. The van der Waals surface area contributed by atoms with E-state index in [4.69, 9.17) is 20.2 Å². The Morgan fingerprint density at radius 1 is 0.919 bits per heavy atom. The van der Waals surface area contributed by atoms with Crippen molar-refractivity contribution in [2.45, 2.75) is 6.54 Å². The Kier molecular flexibility index (Phi) is 6.33. The Morgan fingerprint density at radius 2 is 1.62 bits per heavy atom. The van der Waals surface area contributed by atoms with Crippen LogP contribution in [-0.4, -0.2) is 84.2 Å². The second-order valence-electron chi connectivity index (χ2n) is 9.52. The Hall–Kier alpha value is -3.79. The minimum absolute atomic E-state index is 0.0372. The molecule has 0 saturated carbocycles. The first-order chi connectivity index (χ1) is 18.1. The third-order valence-electron chi connectivity index (χ3n) is 7.12. The number of benzene rings is 2. The number of pyridine rings is 1. The van der Waals surface area contributed by atoms with Gasteiger partial charge in [0, 0.05) is 54.8 Å². The van der Waals surface area contributed by atoms with Gasteiger partial charge in [0.1, 0.15) is 0 Å². The Morgan fingerprint density at radius 3 is 2.32 bits per heavy atom.